The number of β-lactam (4-membered cyclic amide) rings is 1. The molecular weight excluding hydrogens is 158 g/mol. The first-order valence-corrected chi connectivity index (χ1v) is 4.10. The third-order valence-corrected chi connectivity index (χ3v) is 2.21. The third kappa shape index (κ3) is 1.59. The minimum atomic E-state index is -0.984. The minimum Gasteiger partial charge on any atom is -0.396 e. The third-order valence-electron chi connectivity index (χ3n) is 2.21. The molecule has 1 aliphatic rings. The fourth-order valence-electron chi connectivity index (χ4n) is 1.63. The van der Waals surface area contributed by atoms with Crippen LogP contribution in [0.5, 0.6) is 0 Å². The number of rotatable bonds is 3. The molecule has 0 radical (unpaired) electrons. The minimum absolute atomic E-state index is 0.0392. The number of aliphatic hydroxyl groups is 2. The smallest absolute Gasteiger partial charge is 0.228 e. The molecule has 0 saturated carbocycles. The van der Waals surface area contributed by atoms with Gasteiger partial charge < -0.3 is 15.5 Å². The van der Waals surface area contributed by atoms with Gasteiger partial charge in [0.05, 0.1) is 11.5 Å². The summed E-state index contributed by atoms with van der Waals surface area (Å²) in [7, 11) is 0. The van der Waals surface area contributed by atoms with Crippen LogP contribution in [-0.2, 0) is 4.79 Å². The van der Waals surface area contributed by atoms with Gasteiger partial charge >= 0.3 is 0 Å². The Bertz CT molecular complexity index is 185. The molecule has 1 rings (SSSR count). The lowest BCUT2D eigenvalue weighted by atomic mass is 9.77. The second-order valence-corrected chi connectivity index (χ2v) is 3.76. The highest BCUT2D eigenvalue weighted by molar-refractivity contribution is 5.86. The van der Waals surface area contributed by atoms with Crippen molar-refractivity contribution in [3.8, 4) is 0 Å². The predicted molar refractivity (Wildman–Crippen MR) is 43.4 cm³/mol. The first-order valence-electron chi connectivity index (χ1n) is 4.10. The van der Waals surface area contributed by atoms with Crippen molar-refractivity contribution in [2.75, 3.05) is 6.61 Å². The van der Waals surface area contributed by atoms with Crippen LogP contribution in [-0.4, -0.2) is 34.4 Å². The van der Waals surface area contributed by atoms with E-state index in [-0.39, 0.29) is 24.5 Å². The van der Waals surface area contributed by atoms with E-state index in [9.17, 15) is 9.90 Å². The summed E-state index contributed by atoms with van der Waals surface area (Å²) in [6, 6.07) is -0.0671. The lowest BCUT2D eigenvalue weighted by Gasteiger charge is -2.43. The summed E-state index contributed by atoms with van der Waals surface area (Å²) in [4.78, 5) is 11.0. The van der Waals surface area contributed by atoms with E-state index in [0.29, 0.717) is 6.42 Å². The molecule has 12 heavy (non-hydrogen) atoms. The molecule has 1 fully saturated rings. The number of amides is 1. The molecule has 1 heterocycles. The van der Waals surface area contributed by atoms with E-state index < -0.39 is 5.60 Å². The maximum absolute atomic E-state index is 11.0. The molecule has 0 aromatic carbocycles. The Kier molecular flexibility index (Phi) is 2.39. The summed E-state index contributed by atoms with van der Waals surface area (Å²) in [6.07, 6.45) is 0.514. The summed E-state index contributed by atoms with van der Waals surface area (Å²) in [6.45, 7) is 3.26. The van der Waals surface area contributed by atoms with Crippen LogP contribution in [0.15, 0.2) is 0 Å². The highest BCUT2D eigenvalue weighted by Crippen LogP contribution is 2.28. The average molecular weight is 173 g/mol. The maximum Gasteiger partial charge on any atom is 0.228 e. The maximum atomic E-state index is 11.0. The predicted octanol–water partition coefficient (Wildman–Crippen LogP) is -0.746. The van der Waals surface area contributed by atoms with E-state index in [1.807, 2.05) is 0 Å². The highest BCUT2D eigenvalue weighted by Gasteiger charge is 2.47. The van der Waals surface area contributed by atoms with Crippen LogP contribution in [0.1, 0.15) is 20.3 Å². The molecule has 1 saturated heterocycles. The average Bonchev–Trinajstić information content (AvgIpc) is 1.82. The monoisotopic (exact) mass is 173 g/mol. The molecule has 1 aliphatic heterocycles. The first-order chi connectivity index (χ1) is 5.46. The Morgan fingerprint density at radius 2 is 2.17 bits per heavy atom. The number of aliphatic hydroxyl groups excluding tert-OH is 1. The van der Waals surface area contributed by atoms with Crippen molar-refractivity contribution in [2.24, 2.45) is 5.92 Å². The molecule has 0 aliphatic carbocycles. The number of hydrogen-bond donors (Lipinski definition) is 3. The molecule has 0 spiro atoms. The van der Waals surface area contributed by atoms with Gasteiger partial charge in [0.1, 0.15) is 0 Å². The lowest BCUT2D eigenvalue weighted by molar-refractivity contribution is -0.148. The fraction of sp³-hybridized carbons (Fsp3) is 0.875. The molecule has 0 unspecified atom stereocenters. The van der Waals surface area contributed by atoms with Crippen molar-refractivity contribution in [2.45, 2.75) is 31.9 Å². The fourth-order valence-corrected chi connectivity index (χ4v) is 1.63. The summed E-state index contributed by atoms with van der Waals surface area (Å²) in [5.41, 5.74) is -0.984. The Morgan fingerprint density at radius 3 is 2.50 bits per heavy atom. The zero-order chi connectivity index (χ0) is 9.35. The zero-order valence-corrected chi connectivity index (χ0v) is 7.37. The molecule has 0 bridgehead atoms. The van der Waals surface area contributed by atoms with E-state index in [4.69, 9.17) is 5.11 Å². The topological polar surface area (TPSA) is 69.6 Å². The number of carbonyl (C=O) groups is 1. The zero-order valence-electron chi connectivity index (χ0n) is 7.37. The Hall–Kier alpha value is -0.610. The summed E-state index contributed by atoms with van der Waals surface area (Å²) >= 11 is 0. The van der Waals surface area contributed by atoms with Gasteiger partial charge in [0.15, 0.2) is 0 Å². The number of nitrogens with one attached hydrogen (secondary N) is 1. The second-order valence-electron chi connectivity index (χ2n) is 3.76. The standard InChI is InChI=1S/C8H15NO3/c1-8(2,12)6-5(3-4-10)9-7(6)11/h5-6,10,12H,3-4H2,1-2H3,(H,9,11)/t5-,6-/m1/s1. The molecule has 0 aromatic heterocycles. The van der Waals surface area contributed by atoms with E-state index in [1.54, 1.807) is 13.8 Å². The molecule has 4 heteroatoms. The van der Waals surface area contributed by atoms with Crippen LogP contribution >= 0.6 is 0 Å². The van der Waals surface area contributed by atoms with Crippen molar-refractivity contribution < 1.29 is 15.0 Å². The van der Waals surface area contributed by atoms with E-state index in [2.05, 4.69) is 5.32 Å². The summed E-state index contributed by atoms with van der Waals surface area (Å²) < 4.78 is 0. The van der Waals surface area contributed by atoms with Crippen molar-refractivity contribution in [3.63, 3.8) is 0 Å². The number of hydrogen-bond acceptors (Lipinski definition) is 3. The van der Waals surface area contributed by atoms with Gasteiger partial charge in [0, 0.05) is 12.6 Å². The molecule has 3 N–H and O–H groups in total. The molecule has 1 amide bonds. The van der Waals surface area contributed by atoms with Crippen LogP contribution in [0.4, 0.5) is 0 Å². The van der Waals surface area contributed by atoms with Gasteiger partial charge in [-0.15, -0.1) is 0 Å². The molecular formula is C8H15NO3. The highest BCUT2D eigenvalue weighted by atomic mass is 16.3. The Morgan fingerprint density at radius 1 is 1.58 bits per heavy atom. The van der Waals surface area contributed by atoms with Gasteiger partial charge in [-0.1, -0.05) is 0 Å². The van der Waals surface area contributed by atoms with Gasteiger partial charge in [0.2, 0.25) is 5.91 Å². The van der Waals surface area contributed by atoms with Crippen LogP contribution in [0, 0.1) is 5.92 Å². The molecule has 2 atom stereocenters. The van der Waals surface area contributed by atoms with Crippen LogP contribution in [0.2, 0.25) is 0 Å². The molecule has 0 aromatic rings. The van der Waals surface area contributed by atoms with Crippen molar-refractivity contribution in [1.82, 2.24) is 5.32 Å². The lowest BCUT2D eigenvalue weighted by Crippen LogP contribution is -2.65. The Balaban J connectivity index is 2.56. The van der Waals surface area contributed by atoms with Crippen molar-refractivity contribution in [3.05, 3.63) is 0 Å². The van der Waals surface area contributed by atoms with Crippen molar-refractivity contribution in [1.29, 1.82) is 0 Å². The van der Waals surface area contributed by atoms with Gasteiger partial charge in [-0.25, -0.2) is 0 Å². The van der Waals surface area contributed by atoms with Gasteiger partial charge in [0.25, 0.3) is 0 Å². The first kappa shape index (κ1) is 9.48. The van der Waals surface area contributed by atoms with Gasteiger partial charge in [-0.2, -0.15) is 0 Å². The van der Waals surface area contributed by atoms with Gasteiger partial charge in [-0.05, 0) is 20.3 Å². The van der Waals surface area contributed by atoms with E-state index in [1.165, 1.54) is 0 Å². The number of carbonyl (C=O) groups excluding carboxylic acids is 1. The van der Waals surface area contributed by atoms with Crippen molar-refractivity contribution >= 4 is 5.91 Å². The van der Waals surface area contributed by atoms with Crippen LogP contribution < -0.4 is 5.32 Å². The van der Waals surface area contributed by atoms with Gasteiger partial charge in [-0.3, -0.25) is 4.79 Å². The van der Waals surface area contributed by atoms with E-state index >= 15 is 0 Å². The molecule has 4 nitrogen and oxygen atoms in total. The van der Waals surface area contributed by atoms with Crippen LogP contribution in [0.3, 0.4) is 0 Å². The summed E-state index contributed by atoms with van der Waals surface area (Å²) in [5, 5.41) is 20.8. The summed E-state index contributed by atoms with van der Waals surface area (Å²) in [5.74, 6) is -0.495. The SMILES string of the molecule is CC(C)(O)[C@H]1C(=O)N[C@@H]1CCO. The Labute approximate surface area is 71.6 Å². The largest absolute Gasteiger partial charge is 0.396 e. The van der Waals surface area contributed by atoms with Crippen LogP contribution in [0.25, 0.3) is 0 Å². The van der Waals surface area contributed by atoms with E-state index in [0.717, 1.165) is 0 Å². The second kappa shape index (κ2) is 3.03. The normalized spacial score (nSPS) is 29.5. The molecule has 70 valence electrons. The quantitative estimate of drug-likeness (QED) is 0.492.